The van der Waals surface area contributed by atoms with Gasteiger partial charge in [-0.3, -0.25) is 9.52 Å². The van der Waals surface area contributed by atoms with Gasteiger partial charge in [0.15, 0.2) is 0 Å². The molecule has 0 aliphatic carbocycles. The van der Waals surface area contributed by atoms with Crippen molar-refractivity contribution in [2.75, 3.05) is 22.8 Å². The molecule has 7 nitrogen and oxygen atoms in total. The van der Waals surface area contributed by atoms with Crippen molar-refractivity contribution in [1.82, 2.24) is 0 Å². The van der Waals surface area contributed by atoms with Crippen LogP contribution in [-0.4, -0.2) is 33.6 Å². The van der Waals surface area contributed by atoms with Crippen molar-refractivity contribution in [2.24, 2.45) is 0 Å². The molecule has 162 valence electrons. The molecule has 3 rings (SSSR count). The van der Waals surface area contributed by atoms with E-state index in [2.05, 4.69) is 20.7 Å². The minimum absolute atomic E-state index is 0.0252. The number of rotatable bonds is 7. The predicted octanol–water partition coefficient (Wildman–Crippen LogP) is 4.34. The molecule has 1 N–H and O–H groups in total. The molecule has 2 aromatic rings. The van der Waals surface area contributed by atoms with Crippen LogP contribution in [0.1, 0.15) is 33.3 Å². The molecular formula is C21H25BrN2O5S. The fourth-order valence-corrected chi connectivity index (χ4v) is 5.80. The number of hydrogen-bond acceptors (Lipinski definition) is 5. The van der Waals surface area contributed by atoms with Gasteiger partial charge in [0.2, 0.25) is 5.91 Å². The number of nitrogens with one attached hydrogen (secondary N) is 1. The maximum Gasteiger partial charge on any atom is 0.263 e. The number of hydrogen-bond donors (Lipinski definition) is 1. The summed E-state index contributed by atoms with van der Waals surface area (Å²) in [6.45, 7) is 7.93. The van der Waals surface area contributed by atoms with Crippen LogP contribution in [0.15, 0.2) is 39.7 Å². The van der Waals surface area contributed by atoms with E-state index in [1.165, 1.54) is 6.92 Å². The van der Waals surface area contributed by atoms with Gasteiger partial charge >= 0.3 is 0 Å². The van der Waals surface area contributed by atoms with Gasteiger partial charge in [0.1, 0.15) is 16.4 Å². The Hall–Kier alpha value is -2.26. The molecule has 9 heteroatoms. The van der Waals surface area contributed by atoms with E-state index in [1.54, 1.807) is 35.2 Å². The number of amides is 1. The van der Waals surface area contributed by atoms with Crippen LogP contribution < -0.4 is 19.1 Å². The number of carbonyl (C=O) groups excluding carboxylic acids is 1. The lowest BCUT2D eigenvalue weighted by Crippen LogP contribution is -2.33. The minimum Gasteiger partial charge on any atom is -0.494 e. The van der Waals surface area contributed by atoms with Crippen molar-refractivity contribution >= 4 is 43.2 Å². The molecule has 1 amide bonds. The van der Waals surface area contributed by atoms with Crippen LogP contribution in [0.3, 0.4) is 0 Å². The topological polar surface area (TPSA) is 84.9 Å². The number of nitrogens with zero attached hydrogens (tertiary/aromatic N) is 1. The standard InChI is InChI=1S/C21H25BrN2O5S/c1-5-28-16-7-8-20(29-6-2)18(11-16)23-30(26,27)21-12-19-15(10-17(21)22)9-13(3)24(19)14(4)25/h7-8,10-13,23H,5-6,9H2,1-4H3/t13-/m1/s1. The summed E-state index contributed by atoms with van der Waals surface area (Å²) < 4.78 is 40.6. The zero-order valence-electron chi connectivity index (χ0n) is 17.4. The zero-order valence-corrected chi connectivity index (χ0v) is 19.8. The average molecular weight is 497 g/mol. The van der Waals surface area contributed by atoms with E-state index in [9.17, 15) is 13.2 Å². The number of anilines is 2. The summed E-state index contributed by atoms with van der Waals surface area (Å²) >= 11 is 3.39. The molecule has 0 saturated heterocycles. The first-order chi connectivity index (χ1) is 14.2. The van der Waals surface area contributed by atoms with Crippen LogP contribution in [0.25, 0.3) is 0 Å². The number of ether oxygens (including phenoxy) is 2. The molecule has 30 heavy (non-hydrogen) atoms. The Bertz CT molecular complexity index is 1070. The maximum atomic E-state index is 13.3. The highest BCUT2D eigenvalue weighted by Gasteiger charge is 2.32. The molecule has 0 saturated carbocycles. The van der Waals surface area contributed by atoms with Gasteiger partial charge < -0.3 is 14.4 Å². The van der Waals surface area contributed by atoms with Gasteiger partial charge in [-0.1, -0.05) is 0 Å². The highest BCUT2D eigenvalue weighted by Crippen LogP contribution is 2.39. The van der Waals surface area contributed by atoms with Crippen molar-refractivity contribution in [2.45, 2.75) is 45.1 Å². The largest absolute Gasteiger partial charge is 0.494 e. The zero-order chi connectivity index (χ0) is 22.1. The smallest absolute Gasteiger partial charge is 0.263 e. The monoisotopic (exact) mass is 496 g/mol. The summed E-state index contributed by atoms with van der Waals surface area (Å²) in [6.07, 6.45) is 0.673. The van der Waals surface area contributed by atoms with Crippen LogP contribution in [0.5, 0.6) is 11.5 Å². The van der Waals surface area contributed by atoms with Crippen molar-refractivity contribution in [3.63, 3.8) is 0 Å². The Kier molecular flexibility index (Phi) is 6.62. The Balaban J connectivity index is 2.03. The van der Waals surface area contributed by atoms with Gasteiger partial charge in [0.05, 0.1) is 18.9 Å². The highest BCUT2D eigenvalue weighted by atomic mass is 79.9. The van der Waals surface area contributed by atoms with Gasteiger partial charge in [-0.15, -0.1) is 0 Å². The van der Waals surface area contributed by atoms with Crippen molar-refractivity contribution in [3.05, 3.63) is 40.4 Å². The Labute approximate surface area is 185 Å². The normalized spacial score (nSPS) is 15.6. The van der Waals surface area contributed by atoms with Crippen molar-refractivity contribution in [3.8, 4) is 11.5 Å². The number of fused-ring (bicyclic) bond motifs is 1. The molecule has 2 aromatic carbocycles. The van der Waals surface area contributed by atoms with E-state index in [4.69, 9.17) is 9.47 Å². The molecule has 0 bridgehead atoms. The van der Waals surface area contributed by atoms with Crippen LogP contribution >= 0.6 is 15.9 Å². The van der Waals surface area contributed by atoms with Crippen LogP contribution in [0, 0.1) is 0 Å². The summed E-state index contributed by atoms with van der Waals surface area (Å²) in [7, 11) is -3.98. The van der Waals surface area contributed by atoms with Gasteiger partial charge in [-0.05, 0) is 73.0 Å². The molecule has 1 aliphatic heterocycles. The lowest BCUT2D eigenvalue weighted by atomic mass is 10.1. The molecule has 1 atom stereocenters. The second-order valence-corrected chi connectivity index (χ2v) is 9.49. The third kappa shape index (κ3) is 4.41. The van der Waals surface area contributed by atoms with E-state index in [0.717, 1.165) is 5.56 Å². The molecule has 0 fully saturated rings. The second-order valence-electron chi connectivity index (χ2n) is 6.98. The fraction of sp³-hybridized carbons (Fsp3) is 0.381. The second kappa shape index (κ2) is 8.85. The summed E-state index contributed by atoms with van der Waals surface area (Å²) in [4.78, 5) is 13.8. The maximum absolute atomic E-state index is 13.3. The lowest BCUT2D eigenvalue weighted by molar-refractivity contribution is -0.116. The molecule has 0 spiro atoms. The quantitative estimate of drug-likeness (QED) is 0.615. The summed E-state index contributed by atoms with van der Waals surface area (Å²) in [6, 6.07) is 8.27. The van der Waals surface area contributed by atoms with Gasteiger partial charge in [-0.25, -0.2) is 8.42 Å². The first-order valence-electron chi connectivity index (χ1n) is 9.72. The Morgan fingerprint density at radius 1 is 1.20 bits per heavy atom. The van der Waals surface area contributed by atoms with Gasteiger partial charge in [0.25, 0.3) is 10.0 Å². The highest BCUT2D eigenvalue weighted by molar-refractivity contribution is 9.10. The fourth-order valence-electron chi connectivity index (χ4n) is 3.63. The van der Waals surface area contributed by atoms with E-state index in [1.807, 2.05) is 20.8 Å². The van der Waals surface area contributed by atoms with Crippen LogP contribution in [0.2, 0.25) is 0 Å². The SMILES string of the molecule is CCOc1ccc(OCC)c(NS(=O)(=O)c2cc3c(cc2Br)C[C@@H](C)N3C(C)=O)c1. The lowest BCUT2D eigenvalue weighted by Gasteiger charge is -2.21. The third-order valence-corrected chi connectivity index (χ3v) is 7.11. The average Bonchev–Trinajstić information content (AvgIpc) is 2.98. The molecule has 1 heterocycles. The molecule has 0 aromatic heterocycles. The van der Waals surface area contributed by atoms with E-state index in [0.29, 0.717) is 41.3 Å². The Morgan fingerprint density at radius 3 is 2.53 bits per heavy atom. The first-order valence-corrected chi connectivity index (χ1v) is 12.0. The Morgan fingerprint density at radius 2 is 1.90 bits per heavy atom. The molecule has 0 unspecified atom stereocenters. The van der Waals surface area contributed by atoms with Crippen molar-refractivity contribution < 1.29 is 22.7 Å². The molecule has 1 aliphatic rings. The number of carbonyl (C=O) groups is 1. The third-order valence-electron chi connectivity index (χ3n) is 4.78. The molecular weight excluding hydrogens is 472 g/mol. The number of benzene rings is 2. The summed E-state index contributed by atoms with van der Waals surface area (Å²) in [5.41, 5.74) is 1.83. The van der Waals surface area contributed by atoms with Crippen LogP contribution in [0.4, 0.5) is 11.4 Å². The number of sulfonamides is 1. The summed E-state index contributed by atoms with van der Waals surface area (Å²) in [5.74, 6) is 0.812. The van der Waals surface area contributed by atoms with Crippen LogP contribution in [-0.2, 0) is 21.2 Å². The van der Waals surface area contributed by atoms with E-state index < -0.39 is 10.0 Å². The first kappa shape index (κ1) is 22.4. The summed E-state index contributed by atoms with van der Waals surface area (Å²) in [5, 5.41) is 0. The van der Waals surface area contributed by atoms with E-state index >= 15 is 0 Å². The molecule has 0 radical (unpaired) electrons. The number of halogens is 1. The minimum atomic E-state index is -3.98. The van der Waals surface area contributed by atoms with Gasteiger partial charge in [-0.2, -0.15) is 0 Å². The van der Waals surface area contributed by atoms with E-state index in [-0.39, 0.29) is 22.5 Å². The van der Waals surface area contributed by atoms with Gasteiger partial charge in [0, 0.05) is 29.2 Å². The predicted molar refractivity (Wildman–Crippen MR) is 120 cm³/mol. The van der Waals surface area contributed by atoms with Crippen molar-refractivity contribution in [1.29, 1.82) is 0 Å².